The molecule has 1 aromatic rings. The van der Waals surface area contributed by atoms with Crippen LogP contribution < -0.4 is 5.32 Å². The molecule has 1 saturated heterocycles. The Hall–Kier alpha value is -0.840. The third-order valence-electron chi connectivity index (χ3n) is 3.54. The highest BCUT2D eigenvalue weighted by molar-refractivity contribution is 4.96. The van der Waals surface area contributed by atoms with Gasteiger partial charge in [0.15, 0.2) is 0 Å². The minimum atomic E-state index is 0.256. The minimum Gasteiger partial charge on any atom is -0.467 e. The lowest BCUT2D eigenvalue weighted by Gasteiger charge is -2.14. The summed E-state index contributed by atoms with van der Waals surface area (Å²) < 4.78 is 16.8. The second-order valence-corrected chi connectivity index (χ2v) is 5.23. The van der Waals surface area contributed by atoms with E-state index in [2.05, 4.69) is 5.32 Å². The van der Waals surface area contributed by atoms with Crippen molar-refractivity contribution in [1.29, 1.82) is 0 Å². The Morgan fingerprint density at radius 3 is 2.89 bits per heavy atom. The van der Waals surface area contributed by atoms with Crippen LogP contribution in [-0.4, -0.2) is 31.4 Å². The van der Waals surface area contributed by atoms with E-state index in [-0.39, 0.29) is 6.10 Å². The van der Waals surface area contributed by atoms with E-state index in [1.165, 1.54) is 12.8 Å². The van der Waals surface area contributed by atoms with Crippen LogP contribution in [0.3, 0.4) is 0 Å². The predicted molar refractivity (Wildman–Crippen MR) is 67.3 cm³/mol. The molecule has 2 unspecified atom stereocenters. The third-order valence-corrected chi connectivity index (χ3v) is 3.54. The highest BCUT2D eigenvalue weighted by Gasteiger charge is 2.28. The molecule has 18 heavy (non-hydrogen) atoms. The summed E-state index contributed by atoms with van der Waals surface area (Å²) in [6, 6.07) is 4.57. The van der Waals surface area contributed by atoms with Crippen LogP contribution in [0.1, 0.15) is 31.4 Å². The van der Waals surface area contributed by atoms with Gasteiger partial charge in [-0.05, 0) is 37.8 Å². The van der Waals surface area contributed by atoms with Gasteiger partial charge in [-0.3, -0.25) is 0 Å². The highest BCUT2D eigenvalue weighted by Crippen LogP contribution is 2.22. The molecule has 0 spiro atoms. The van der Waals surface area contributed by atoms with Crippen molar-refractivity contribution in [3.05, 3.63) is 24.2 Å². The molecule has 2 fully saturated rings. The second kappa shape index (κ2) is 5.87. The van der Waals surface area contributed by atoms with E-state index in [1.807, 2.05) is 12.1 Å². The number of hydrogen-bond acceptors (Lipinski definition) is 4. The maximum atomic E-state index is 5.94. The van der Waals surface area contributed by atoms with E-state index in [9.17, 15) is 0 Å². The molecular weight excluding hydrogens is 230 g/mol. The first-order valence-electron chi connectivity index (χ1n) is 6.89. The fraction of sp³-hybridized carbons (Fsp3) is 0.714. The van der Waals surface area contributed by atoms with Gasteiger partial charge in [-0.1, -0.05) is 0 Å². The summed E-state index contributed by atoms with van der Waals surface area (Å²) in [5, 5.41) is 3.52. The fourth-order valence-corrected chi connectivity index (χ4v) is 2.32. The first-order chi connectivity index (χ1) is 8.90. The zero-order chi connectivity index (χ0) is 12.2. The molecule has 0 radical (unpaired) electrons. The lowest BCUT2D eigenvalue weighted by Crippen LogP contribution is -2.29. The van der Waals surface area contributed by atoms with Crippen LogP contribution in [0.2, 0.25) is 0 Å². The Morgan fingerprint density at radius 1 is 1.22 bits per heavy atom. The highest BCUT2D eigenvalue weighted by atomic mass is 16.5. The summed E-state index contributed by atoms with van der Waals surface area (Å²) in [4.78, 5) is 0. The summed E-state index contributed by atoms with van der Waals surface area (Å²) >= 11 is 0. The smallest absolute Gasteiger partial charge is 0.129 e. The molecule has 2 heterocycles. The molecule has 2 aliphatic rings. The van der Waals surface area contributed by atoms with Crippen LogP contribution in [-0.2, 0) is 16.1 Å². The van der Waals surface area contributed by atoms with E-state index < -0.39 is 0 Å². The Balaban J connectivity index is 1.29. The number of hydrogen-bond donors (Lipinski definition) is 1. The van der Waals surface area contributed by atoms with Gasteiger partial charge >= 0.3 is 0 Å². The summed E-state index contributed by atoms with van der Waals surface area (Å²) in [5.41, 5.74) is 0. The molecule has 0 aromatic carbocycles. The zero-order valence-corrected chi connectivity index (χ0v) is 10.6. The molecule has 1 saturated carbocycles. The molecule has 1 aromatic heterocycles. The van der Waals surface area contributed by atoms with Gasteiger partial charge in [0.2, 0.25) is 0 Å². The average molecular weight is 251 g/mol. The van der Waals surface area contributed by atoms with Gasteiger partial charge in [-0.25, -0.2) is 0 Å². The van der Waals surface area contributed by atoms with Crippen LogP contribution in [0.4, 0.5) is 0 Å². The van der Waals surface area contributed by atoms with E-state index in [0.717, 1.165) is 31.2 Å². The third kappa shape index (κ3) is 3.57. The van der Waals surface area contributed by atoms with Crippen molar-refractivity contribution in [2.75, 3.05) is 13.2 Å². The molecule has 2 atom stereocenters. The van der Waals surface area contributed by atoms with Crippen molar-refractivity contribution in [3.8, 4) is 0 Å². The molecule has 3 rings (SSSR count). The average Bonchev–Trinajstić information content (AvgIpc) is 2.89. The van der Waals surface area contributed by atoms with Crippen LogP contribution in [0.5, 0.6) is 0 Å². The summed E-state index contributed by atoms with van der Waals surface area (Å²) in [5.74, 6) is 0.875. The van der Waals surface area contributed by atoms with Gasteiger partial charge in [0, 0.05) is 12.6 Å². The molecule has 1 aliphatic carbocycles. The second-order valence-electron chi connectivity index (χ2n) is 5.23. The molecule has 1 aliphatic heterocycles. The summed E-state index contributed by atoms with van der Waals surface area (Å²) in [7, 11) is 0. The van der Waals surface area contributed by atoms with Gasteiger partial charge < -0.3 is 19.2 Å². The molecule has 4 nitrogen and oxygen atoms in total. The van der Waals surface area contributed by atoms with Crippen molar-refractivity contribution in [2.24, 2.45) is 0 Å². The molecular formula is C14H21NO3. The Morgan fingerprint density at radius 2 is 2.11 bits per heavy atom. The maximum Gasteiger partial charge on any atom is 0.129 e. The maximum absolute atomic E-state index is 5.94. The Bertz CT molecular complexity index is 348. The summed E-state index contributed by atoms with van der Waals surface area (Å²) in [6.45, 7) is 2.21. The Kier molecular flexibility index (Phi) is 3.98. The number of ether oxygens (including phenoxy) is 2. The van der Waals surface area contributed by atoms with E-state index in [1.54, 1.807) is 6.26 Å². The number of rotatable bonds is 7. The van der Waals surface area contributed by atoms with Gasteiger partial charge in [-0.15, -0.1) is 0 Å². The van der Waals surface area contributed by atoms with Gasteiger partial charge in [0.1, 0.15) is 12.4 Å². The van der Waals surface area contributed by atoms with E-state index in [4.69, 9.17) is 13.9 Å². The predicted octanol–water partition coefficient (Wildman–Crippen LogP) is 2.10. The minimum absolute atomic E-state index is 0.256. The topological polar surface area (TPSA) is 43.6 Å². The van der Waals surface area contributed by atoms with Crippen LogP contribution in [0.15, 0.2) is 22.8 Å². The monoisotopic (exact) mass is 251 g/mol. The van der Waals surface area contributed by atoms with E-state index >= 15 is 0 Å². The van der Waals surface area contributed by atoms with Crippen molar-refractivity contribution in [2.45, 2.75) is 50.5 Å². The first kappa shape index (κ1) is 12.2. The largest absolute Gasteiger partial charge is 0.467 e. The zero-order valence-electron chi connectivity index (χ0n) is 10.6. The van der Waals surface area contributed by atoms with Crippen molar-refractivity contribution in [1.82, 2.24) is 5.32 Å². The van der Waals surface area contributed by atoms with Gasteiger partial charge in [0.25, 0.3) is 0 Å². The number of nitrogens with one attached hydrogen (secondary N) is 1. The fourth-order valence-electron chi connectivity index (χ4n) is 2.32. The molecule has 0 bridgehead atoms. The van der Waals surface area contributed by atoms with Gasteiger partial charge in [-0.2, -0.15) is 0 Å². The normalized spacial score (nSPS) is 27.8. The lowest BCUT2D eigenvalue weighted by molar-refractivity contribution is -0.0221. The van der Waals surface area contributed by atoms with E-state index in [0.29, 0.717) is 19.3 Å². The van der Waals surface area contributed by atoms with Crippen LogP contribution in [0, 0.1) is 0 Å². The molecule has 4 heteroatoms. The summed E-state index contributed by atoms with van der Waals surface area (Å²) in [6.07, 6.45) is 7.23. The SMILES string of the molecule is c1coc(COCC2CCC(CNC3CC3)O2)c1. The van der Waals surface area contributed by atoms with Crippen LogP contribution >= 0.6 is 0 Å². The van der Waals surface area contributed by atoms with Crippen molar-refractivity contribution in [3.63, 3.8) is 0 Å². The Labute approximate surface area is 108 Å². The lowest BCUT2D eigenvalue weighted by atomic mass is 10.2. The standard InChI is InChI=1S/C14H21NO3/c1-2-13(17-7-1)9-16-10-14-6-5-12(18-14)8-15-11-3-4-11/h1-2,7,11-12,14-15H,3-6,8-10H2. The molecule has 100 valence electrons. The van der Waals surface area contributed by atoms with Gasteiger partial charge in [0.05, 0.1) is 25.1 Å². The molecule has 1 N–H and O–H groups in total. The first-order valence-corrected chi connectivity index (χ1v) is 6.89. The number of furan rings is 1. The quantitative estimate of drug-likeness (QED) is 0.806. The van der Waals surface area contributed by atoms with Crippen LogP contribution in [0.25, 0.3) is 0 Å². The van der Waals surface area contributed by atoms with Crippen molar-refractivity contribution < 1.29 is 13.9 Å². The van der Waals surface area contributed by atoms with Crippen molar-refractivity contribution >= 4 is 0 Å². The molecule has 0 amide bonds.